The van der Waals surface area contributed by atoms with Crippen molar-refractivity contribution in [1.82, 2.24) is 0 Å². The summed E-state index contributed by atoms with van der Waals surface area (Å²) in [7, 11) is 0. The van der Waals surface area contributed by atoms with Crippen molar-refractivity contribution >= 4 is 5.57 Å². The van der Waals surface area contributed by atoms with Gasteiger partial charge >= 0.3 is 0 Å². The fourth-order valence-electron chi connectivity index (χ4n) is 4.70. The number of unbranched alkanes of at least 4 members (excludes halogenated alkanes) is 2. The fraction of sp³-hybridized carbons (Fsp3) is 0.467. The molecule has 3 rings (SSSR count). The molecule has 0 aliphatic heterocycles. The molecule has 0 saturated heterocycles. The second-order valence-electron chi connectivity index (χ2n) is 9.14. The lowest BCUT2D eigenvalue weighted by Crippen LogP contribution is -2.08. The summed E-state index contributed by atoms with van der Waals surface area (Å²) in [5.74, 6) is 0.0637. The van der Waals surface area contributed by atoms with E-state index in [2.05, 4.69) is 43.3 Å². The Kier molecular flexibility index (Phi) is 9.29. The van der Waals surface area contributed by atoms with E-state index >= 15 is 4.39 Å². The van der Waals surface area contributed by atoms with E-state index in [0.717, 1.165) is 36.0 Å². The van der Waals surface area contributed by atoms with Gasteiger partial charge in [0.1, 0.15) is 6.67 Å². The number of alkyl halides is 1. The highest BCUT2D eigenvalue weighted by Crippen LogP contribution is 2.38. The Morgan fingerprint density at radius 1 is 0.970 bits per heavy atom. The maximum Gasteiger partial charge on any atom is 0.171 e. The molecule has 3 heteroatoms. The Morgan fingerprint density at radius 3 is 2.24 bits per heavy atom. The zero-order chi connectivity index (χ0) is 23.8. The molecule has 178 valence electrons. The summed E-state index contributed by atoms with van der Waals surface area (Å²) in [4.78, 5) is 0. The summed E-state index contributed by atoms with van der Waals surface area (Å²) in [5, 5.41) is 0. The van der Waals surface area contributed by atoms with Crippen molar-refractivity contribution in [2.75, 3.05) is 6.61 Å². The minimum absolute atomic E-state index is 0.106. The van der Waals surface area contributed by atoms with Crippen molar-refractivity contribution in [2.45, 2.75) is 79.3 Å². The SMILES string of the molecule is CCCCCc1ccc(CCC2C=CC(c3c(C)c(C)c(OCC)c(F)c3CF)=CC2)cc1. The number of benzene rings is 2. The minimum Gasteiger partial charge on any atom is -0.491 e. The molecule has 0 aromatic heterocycles. The van der Waals surface area contributed by atoms with Gasteiger partial charge in [-0.15, -0.1) is 0 Å². The van der Waals surface area contributed by atoms with Gasteiger partial charge < -0.3 is 4.74 Å². The number of hydrogen-bond acceptors (Lipinski definition) is 1. The summed E-state index contributed by atoms with van der Waals surface area (Å²) in [6.45, 7) is 7.34. The van der Waals surface area contributed by atoms with Gasteiger partial charge in [-0.3, -0.25) is 0 Å². The summed E-state index contributed by atoms with van der Waals surface area (Å²) in [6.07, 6.45) is 14.4. The monoisotopic (exact) mass is 452 g/mol. The highest BCUT2D eigenvalue weighted by Gasteiger charge is 2.23. The second kappa shape index (κ2) is 12.2. The number of ether oxygens (including phenoxy) is 1. The summed E-state index contributed by atoms with van der Waals surface area (Å²) >= 11 is 0. The molecule has 0 bridgehead atoms. The first-order chi connectivity index (χ1) is 16.0. The van der Waals surface area contributed by atoms with Crippen LogP contribution >= 0.6 is 0 Å². The normalized spacial score (nSPS) is 15.6. The van der Waals surface area contributed by atoms with Crippen molar-refractivity contribution in [3.05, 3.63) is 81.7 Å². The molecule has 1 atom stereocenters. The van der Waals surface area contributed by atoms with E-state index in [1.54, 1.807) is 0 Å². The van der Waals surface area contributed by atoms with Gasteiger partial charge in [-0.25, -0.2) is 8.78 Å². The summed E-state index contributed by atoms with van der Waals surface area (Å²) in [6, 6.07) is 9.06. The quantitative estimate of drug-likeness (QED) is 0.310. The van der Waals surface area contributed by atoms with Crippen LogP contribution in [0.3, 0.4) is 0 Å². The van der Waals surface area contributed by atoms with Crippen molar-refractivity contribution < 1.29 is 13.5 Å². The van der Waals surface area contributed by atoms with Gasteiger partial charge in [0.2, 0.25) is 0 Å². The zero-order valence-corrected chi connectivity index (χ0v) is 20.6. The average molecular weight is 453 g/mol. The third kappa shape index (κ3) is 6.13. The molecular formula is C30H38F2O. The Morgan fingerprint density at radius 2 is 1.67 bits per heavy atom. The number of aryl methyl sites for hydroxylation is 2. The molecule has 1 aliphatic rings. The van der Waals surface area contributed by atoms with Gasteiger partial charge in [0, 0.05) is 5.56 Å². The third-order valence-corrected chi connectivity index (χ3v) is 6.84. The van der Waals surface area contributed by atoms with Crippen LogP contribution in [0.5, 0.6) is 5.75 Å². The molecule has 0 heterocycles. The molecule has 33 heavy (non-hydrogen) atoms. The molecule has 0 saturated carbocycles. The number of halogens is 2. The van der Waals surface area contributed by atoms with Crippen LogP contribution in [0.25, 0.3) is 5.57 Å². The van der Waals surface area contributed by atoms with Crippen molar-refractivity contribution in [3.8, 4) is 5.75 Å². The predicted molar refractivity (Wildman–Crippen MR) is 135 cm³/mol. The highest BCUT2D eigenvalue weighted by molar-refractivity contribution is 5.80. The van der Waals surface area contributed by atoms with Crippen LogP contribution in [0.4, 0.5) is 8.78 Å². The molecule has 0 spiro atoms. The molecule has 0 fully saturated rings. The van der Waals surface area contributed by atoms with E-state index in [4.69, 9.17) is 4.74 Å². The lowest BCUT2D eigenvalue weighted by atomic mass is 9.85. The molecule has 1 nitrogen and oxygen atoms in total. The largest absolute Gasteiger partial charge is 0.491 e. The standard InChI is InChI=1S/C30H38F2O/c1-5-7-8-9-23-10-12-24(13-11-23)14-15-25-16-18-26(19-17-25)28-21(3)22(4)30(33-6-2)29(32)27(28)20-31/h10-13,16,18-19,25H,5-9,14-15,17,20H2,1-4H3. The van der Waals surface area contributed by atoms with Crippen molar-refractivity contribution in [3.63, 3.8) is 0 Å². The maximum absolute atomic E-state index is 15.0. The lowest BCUT2D eigenvalue weighted by Gasteiger charge is -2.22. The molecule has 1 aliphatic carbocycles. The van der Waals surface area contributed by atoms with Crippen LogP contribution < -0.4 is 4.74 Å². The van der Waals surface area contributed by atoms with E-state index in [0.29, 0.717) is 18.1 Å². The lowest BCUT2D eigenvalue weighted by molar-refractivity contribution is 0.315. The van der Waals surface area contributed by atoms with Crippen LogP contribution in [-0.4, -0.2) is 6.61 Å². The highest BCUT2D eigenvalue weighted by atomic mass is 19.1. The first-order valence-corrected chi connectivity index (χ1v) is 12.5. The Labute approximate surface area is 198 Å². The fourth-order valence-corrected chi connectivity index (χ4v) is 4.70. The van der Waals surface area contributed by atoms with E-state index in [-0.39, 0.29) is 11.3 Å². The topological polar surface area (TPSA) is 9.23 Å². The summed E-state index contributed by atoms with van der Waals surface area (Å²) < 4.78 is 34.4. The zero-order valence-electron chi connectivity index (χ0n) is 20.6. The van der Waals surface area contributed by atoms with Gasteiger partial charge in [0.25, 0.3) is 0 Å². The molecule has 0 radical (unpaired) electrons. The molecular weight excluding hydrogens is 414 g/mol. The molecule has 2 aromatic rings. The minimum atomic E-state index is -0.842. The first-order valence-electron chi connectivity index (χ1n) is 12.5. The van der Waals surface area contributed by atoms with Crippen LogP contribution in [0, 0.1) is 25.6 Å². The van der Waals surface area contributed by atoms with E-state index in [1.807, 2.05) is 26.8 Å². The Hall–Kier alpha value is -2.42. The average Bonchev–Trinajstić information content (AvgIpc) is 2.84. The van der Waals surface area contributed by atoms with Crippen LogP contribution in [0.2, 0.25) is 0 Å². The molecule has 2 aromatic carbocycles. The van der Waals surface area contributed by atoms with Gasteiger partial charge in [-0.05, 0) is 92.2 Å². The van der Waals surface area contributed by atoms with Crippen LogP contribution in [0.1, 0.15) is 79.3 Å². The van der Waals surface area contributed by atoms with Crippen molar-refractivity contribution in [1.29, 1.82) is 0 Å². The van der Waals surface area contributed by atoms with E-state index in [1.165, 1.54) is 36.8 Å². The van der Waals surface area contributed by atoms with Gasteiger partial charge in [0.05, 0.1) is 6.61 Å². The maximum atomic E-state index is 15.0. The van der Waals surface area contributed by atoms with Crippen LogP contribution in [0.15, 0.2) is 42.5 Å². The number of hydrogen-bond donors (Lipinski definition) is 0. The second-order valence-corrected chi connectivity index (χ2v) is 9.14. The number of allylic oxidation sites excluding steroid dienone is 4. The van der Waals surface area contributed by atoms with Gasteiger partial charge in [-0.2, -0.15) is 0 Å². The Bertz CT molecular complexity index is 986. The first kappa shape index (κ1) is 25.2. The number of rotatable bonds is 11. The predicted octanol–water partition coefficient (Wildman–Crippen LogP) is 8.64. The van der Waals surface area contributed by atoms with Gasteiger partial charge in [-0.1, -0.05) is 62.3 Å². The van der Waals surface area contributed by atoms with Gasteiger partial charge in [0.15, 0.2) is 11.6 Å². The smallest absolute Gasteiger partial charge is 0.171 e. The Balaban J connectivity index is 1.65. The summed E-state index contributed by atoms with van der Waals surface area (Å²) in [5.41, 5.74) is 6.14. The van der Waals surface area contributed by atoms with Crippen molar-refractivity contribution in [2.24, 2.45) is 5.92 Å². The van der Waals surface area contributed by atoms with E-state index < -0.39 is 12.5 Å². The van der Waals surface area contributed by atoms with Crippen LogP contribution in [-0.2, 0) is 19.5 Å². The van der Waals surface area contributed by atoms with E-state index in [9.17, 15) is 4.39 Å². The molecule has 0 N–H and O–H groups in total. The third-order valence-electron chi connectivity index (χ3n) is 6.84. The molecule has 0 amide bonds. The molecule has 1 unspecified atom stereocenters.